The largest absolute Gasteiger partial charge is 0.466 e. The van der Waals surface area contributed by atoms with Crippen LogP contribution in [0, 0.1) is 0 Å². The zero-order chi connectivity index (χ0) is 62.3. The van der Waals surface area contributed by atoms with Crippen LogP contribution in [0.5, 0.6) is 0 Å². The van der Waals surface area contributed by atoms with Crippen LogP contribution in [0.15, 0.2) is 85.1 Å². The lowest BCUT2D eigenvalue weighted by atomic mass is 9.99. The van der Waals surface area contributed by atoms with Crippen molar-refractivity contribution in [1.82, 2.24) is 5.32 Å². The average Bonchev–Trinajstić information content (AvgIpc) is 2.02. The number of carbonyl (C=O) groups is 2. The number of carbonyl (C=O) groups excluding carboxylic acids is 2. The van der Waals surface area contributed by atoms with E-state index in [9.17, 15) is 35.1 Å². The molecule has 0 spiro atoms. The SMILES string of the molecule is CCC/C=C\C/C=C\CCCCCCCC(=O)OCCCCCCCCCCC/C=C\C/C=C\CCCCCCCCCCCCCCCCCC(=O)NC(COC1OC(CO)C(O)C(O)C1O)C(O)/C=C/CC/C=C/CC/C=C/CCCCCC. The Morgan fingerprint density at radius 1 is 0.430 bits per heavy atom. The highest BCUT2D eigenvalue weighted by Gasteiger charge is 2.44. The van der Waals surface area contributed by atoms with Crippen molar-refractivity contribution in [1.29, 1.82) is 0 Å². The van der Waals surface area contributed by atoms with Gasteiger partial charge in [-0.05, 0) is 116 Å². The fourth-order valence-corrected chi connectivity index (χ4v) is 10.8. The van der Waals surface area contributed by atoms with Crippen molar-refractivity contribution in [3.8, 4) is 0 Å². The second-order valence-corrected chi connectivity index (χ2v) is 24.6. The Morgan fingerprint density at radius 2 is 0.814 bits per heavy atom. The first kappa shape index (κ1) is 80.9. The monoisotopic (exact) mass is 1210 g/mol. The maximum absolute atomic E-state index is 13.1. The van der Waals surface area contributed by atoms with Gasteiger partial charge in [0.05, 0.1) is 32.0 Å². The summed E-state index contributed by atoms with van der Waals surface area (Å²) in [5, 5.41) is 54.5. The molecular weight excluding hydrogens is 1070 g/mol. The molecule has 0 bridgehead atoms. The predicted molar refractivity (Wildman–Crippen MR) is 361 cm³/mol. The molecule has 1 aliphatic rings. The van der Waals surface area contributed by atoms with Crippen molar-refractivity contribution < 1.29 is 49.3 Å². The molecule has 0 radical (unpaired) electrons. The number of ether oxygens (including phenoxy) is 3. The van der Waals surface area contributed by atoms with Crippen molar-refractivity contribution in [3.05, 3.63) is 85.1 Å². The van der Waals surface area contributed by atoms with E-state index >= 15 is 0 Å². The minimum Gasteiger partial charge on any atom is -0.466 e. The summed E-state index contributed by atoms with van der Waals surface area (Å²) < 4.78 is 16.7. The molecule has 0 aromatic rings. The summed E-state index contributed by atoms with van der Waals surface area (Å²) in [6.45, 7) is 4.24. The Morgan fingerprint density at radius 3 is 1.27 bits per heavy atom. The van der Waals surface area contributed by atoms with E-state index in [1.165, 1.54) is 205 Å². The number of aliphatic hydroxyl groups excluding tert-OH is 5. The van der Waals surface area contributed by atoms with Crippen LogP contribution in [-0.2, 0) is 23.8 Å². The van der Waals surface area contributed by atoms with E-state index in [2.05, 4.69) is 92.1 Å². The first-order valence-electron chi connectivity index (χ1n) is 35.9. The Labute approximate surface area is 527 Å². The van der Waals surface area contributed by atoms with Gasteiger partial charge < -0.3 is 45.1 Å². The zero-order valence-corrected chi connectivity index (χ0v) is 55.3. The Hall–Kier alpha value is -3.16. The summed E-state index contributed by atoms with van der Waals surface area (Å²) in [6, 6.07) is -0.836. The Kier molecular flexibility index (Phi) is 59.6. The lowest BCUT2D eigenvalue weighted by Crippen LogP contribution is -2.60. The number of nitrogens with one attached hydrogen (secondary N) is 1. The molecule has 1 aliphatic heterocycles. The highest BCUT2D eigenvalue weighted by atomic mass is 16.7. The maximum atomic E-state index is 13.1. The molecule has 1 fully saturated rings. The molecule has 11 heteroatoms. The van der Waals surface area contributed by atoms with E-state index in [-0.39, 0.29) is 18.5 Å². The summed E-state index contributed by atoms with van der Waals surface area (Å²) in [4.78, 5) is 25.1. The van der Waals surface area contributed by atoms with Gasteiger partial charge in [-0.3, -0.25) is 9.59 Å². The molecule has 11 nitrogen and oxygen atoms in total. The second kappa shape index (κ2) is 63.4. The first-order chi connectivity index (χ1) is 42.2. The highest BCUT2D eigenvalue weighted by molar-refractivity contribution is 5.76. The number of unbranched alkanes of at least 4 members (excludes halogenated alkanes) is 36. The molecule has 0 aliphatic carbocycles. The van der Waals surface area contributed by atoms with Gasteiger partial charge in [-0.2, -0.15) is 0 Å². The van der Waals surface area contributed by atoms with Crippen molar-refractivity contribution in [2.24, 2.45) is 0 Å². The Balaban J connectivity index is 2.00. The lowest BCUT2D eigenvalue weighted by molar-refractivity contribution is -0.302. The molecule has 0 aromatic heterocycles. The summed E-state index contributed by atoms with van der Waals surface area (Å²) in [5.41, 5.74) is 0. The zero-order valence-electron chi connectivity index (χ0n) is 55.3. The van der Waals surface area contributed by atoms with Crippen LogP contribution >= 0.6 is 0 Å². The maximum Gasteiger partial charge on any atom is 0.305 e. The fraction of sp³-hybridized carbons (Fsp3) is 0.787. The molecule has 6 N–H and O–H groups in total. The van der Waals surface area contributed by atoms with Gasteiger partial charge >= 0.3 is 5.97 Å². The van der Waals surface area contributed by atoms with Gasteiger partial charge in [0.15, 0.2) is 6.29 Å². The van der Waals surface area contributed by atoms with Crippen LogP contribution in [-0.4, -0.2) is 100 Å². The fourth-order valence-electron chi connectivity index (χ4n) is 10.8. The third-order valence-electron chi connectivity index (χ3n) is 16.4. The van der Waals surface area contributed by atoms with Gasteiger partial charge in [-0.15, -0.1) is 0 Å². The summed E-state index contributed by atoms with van der Waals surface area (Å²) >= 11 is 0. The van der Waals surface area contributed by atoms with Crippen LogP contribution < -0.4 is 5.32 Å². The number of allylic oxidation sites excluding steroid dienone is 13. The number of esters is 1. The molecule has 498 valence electrons. The molecule has 86 heavy (non-hydrogen) atoms. The molecule has 0 aromatic carbocycles. The number of rotatable bonds is 62. The molecule has 1 rings (SSSR count). The molecule has 7 unspecified atom stereocenters. The van der Waals surface area contributed by atoms with Crippen molar-refractivity contribution in [2.45, 2.75) is 358 Å². The van der Waals surface area contributed by atoms with E-state index in [0.29, 0.717) is 19.4 Å². The van der Waals surface area contributed by atoms with E-state index in [4.69, 9.17) is 14.2 Å². The van der Waals surface area contributed by atoms with E-state index < -0.39 is 49.5 Å². The molecule has 7 atom stereocenters. The standard InChI is InChI=1S/C75H133NO10/c1-3-5-7-9-11-13-15-17-38-41-45-49-53-57-61-68(78)67(66-85-75-74(83)73(82)72(81)69(65-77)86-75)76-70(79)62-58-54-50-46-42-39-35-33-31-29-27-25-23-21-19-18-20-22-24-26-28-30-32-34-36-40-44-48-52-56-60-64-84-71(80)63-59-55-51-47-43-37-16-14-12-10-8-6-4-2/h8,10,13-16,20,22,26,28,41,45,57,61,67-69,72-75,77-78,81-83H,3-7,9,11-12,17-19,21,23-25,27,29-40,42-44,46-56,58-60,62-66H2,1-2H3,(H,76,79)/b10-8-,15-13+,16-14-,22-20-,28-26-,45-41+,61-57+. The van der Waals surface area contributed by atoms with E-state index in [1.807, 2.05) is 6.08 Å². The molecule has 1 saturated heterocycles. The molecular formula is C75H133NO10. The first-order valence-corrected chi connectivity index (χ1v) is 35.9. The third kappa shape index (κ3) is 51.7. The number of amides is 1. The van der Waals surface area contributed by atoms with Gasteiger partial charge in [0.2, 0.25) is 5.91 Å². The topological polar surface area (TPSA) is 175 Å². The quantitative estimate of drug-likeness (QED) is 0.0195. The van der Waals surface area contributed by atoms with Crippen LogP contribution in [0.4, 0.5) is 0 Å². The van der Waals surface area contributed by atoms with Gasteiger partial charge in [-0.25, -0.2) is 0 Å². The smallest absolute Gasteiger partial charge is 0.305 e. The van der Waals surface area contributed by atoms with Gasteiger partial charge in [0, 0.05) is 12.8 Å². The van der Waals surface area contributed by atoms with E-state index in [1.54, 1.807) is 6.08 Å². The van der Waals surface area contributed by atoms with Gasteiger partial charge in [0.1, 0.15) is 24.4 Å². The average molecular weight is 1210 g/mol. The number of aliphatic hydroxyl groups is 5. The highest BCUT2D eigenvalue weighted by Crippen LogP contribution is 2.23. The summed E-state index contributed by atoms with van der Waals surface area (Å²) in [6.07, 6.45) is 77.1. The molecule has 1 amide bonds. The summed E-state index contributed by atoms with van der Waals surface area (Å²) in [7, 11) is 0. The van der Waals surface area contributed by atoms with Crippen LogP contribution in [0.25, 0.3) is 0 Å². The summed E-state index contributed by atoms with van der Waals surface area (Å²) in [5.74, 6) is -0.208. The number of hydrogen-bond acceptors (Lipinski definition) is 10. The third-order valence-corrected chi connectivity index (χ3v) is 16.4. The van der Waals surface area contributed by atoms with Crippen molar-refractivity contribution in [3.63, 3.8) is 0 Å². The van der Waals surface area contributed by atoms with Gasteiger partial charge in [0.25, 0.3) is 0 Å². The minimum absolute atomic E-state index is 0.0113. The van der Waals surface area contributed by atoms with Crippen LogP contribution in [0.2, 0.25) is 0 Å². The van der Waals surface area contributed by atoms with Gasteiger partial charge in [-0.1, -0.05) is 272 Å². The van der Waals surface area contributed by atoms with Crippen LogP contribution in [0.1, 0.15) is 316 Å². The van der Waals surface area contributed by atoms with Crippen molar-refractivity contribution in [2.75, 3.05) is 19.8 Å². The lowest BCUT2D eigenvalue weighted by Gasteiger charge is -2.40. The van der Waals surface area contributed by atoms with E-state index in [0.717, 1.165) is 83.5 Å². The predicted octanol–water partition coefficient (Wildman–Crippen LogP) is 18.5. The minimum atomic E-state index is -1.58. The number of hydrogen-bond donors (Lipinski definition) is 6. The van der Waals surface area contributed by atoms with Crippen LogP contribution in [0.3, 0.4) is 0 Å². The second-order valence-electron chi connectivity index (χ2n) is 24.6. The molecule has 1 heterocycles. The normalized spacial score (nSPS) is 18.4. The molecule has 0 saturated carbocycles. The Bertz CT molecular complexity index is 1710. The van der Waals surface area contributed by atoms with Crippen molar-refractivity contribution >= 4 is 11.9 Å².